The molecule has 0 spiro atoms. The van der Waals surface area contributed by atoms with Crippen LogP contribution in [0, 0.1) is 17.0 Å². The molecule has 100 valence electrons. The summed E-state index contributed by atoms with van der Waals surface area (Å²) in [6.45, 7) is 5.43. The average Bonchev–Trinajstić information content (AvgIpc) is 2.84. The van der Waals surface area contributed by atoms with E-state index < -0.39 is 0 Å². The first-order chi connectivity index (χ1) is 9.11. The van der Waals surface area contributed by atoms with E-state index in [2.05, 4.69) is 17.2 Å². The molecule has 2 rings (SSSR count). The van der Waals surface area contributed by atoms with Crippen molar-refractivity contribution in [1.29, 1.82) is 0 Å². The van der Waals surface area contributed by atoms with E-state index in [9.17, 15) is 10.1 Å². The number of rotatable bonds is 5. The Balaban J connectivity index is 2.10. The van der Waals surface area contributed by atoms with Gasteiger partial charge in [0.05, 0.1) is 23.5 Å². The van der Waals surface area contributed by atoms with Gasteiger partial charge in [-0.25, -0.2) is 4.98 Å². The minimum atomic E-state index is -0.386. The Kier molecular flexibility index (Phi) is 3.79. The molecule has 0 bridgehead atoms. The van der Waals surface area contributed by atoms with Gasteiger partial charge in [-0.3, -0.25) is 10.1 Å². The SMILES string of the molecule is CCn1cncc1CNc1ccc([N+](=O)[O-])cc1C. The van der Waals surface area contributed by atoms with Crippen molar-refractivity contribution in [3.05, 3.63) is 52.1 Å². The lowest BCUT2D eigenvalue weighted by Gasteiger charge is -2.10. The molecule has 0 saturated heterocycles. The Labute approximate surface area is 111 Å². The Bertz CT molecular complexity index is 592. The summed E-state index contributed by atoms with van der Waals surface area (Å²) < 4.78 is 2.05. The Hall–Kier alpha value is -2.37. The highest BCUT2D eigenvalue weighted by atomic mass is 16.6. The largest absolute Gasteiger partial charge is 0.379 e. The lowest BCUT2D eigenvalue weighted by molar-refractivity contribution is -0.384. The van der Waals surface area contributed by atoms with Gasteiger partial charge in [0.1, 0.15) is 0 Å². The van der Waals surface area contributed by atoms with Gasteiger partial charge in [-0.1, -0.05) is 0 Å². The maximum absolute atomic E-state index is 10.7. The zero-order valence-electron chi connectivity index (χ0n) is 11.0. The van der Waals surface area contributed by atoms with Gasteiger partial charge in [-0.05, 0) is 25.5 Å². The first-order valence-electron chi connectivity index (χ1n) is 6.09. The maximum atomic E-state index is 10.7. The summed E-state index contributed by atoms with van der Waals surface area (Å²) in [5.74, 6) is 0. The predicted octanol–water partition coefficient (Wildman–Crippen LogP) is 2.73. The number of hydrogen-bond donors (Lipinski definition) is 1. The van der Waals surface area contributed by atoms with E-state index in [4.69, 9.17) is 0 Å². The second-order valence-electron chi connectivity index (χ2n) is 4.28. The molecule has 1 aromatic carbocycles. The number of imidazole rings is 1. The van der Waals surface area contributed by atoms with E-state index in [1.54, 1.807) is 18.5 Å². The van der Waals surface area contributed by atoms with E-state index in [1.807, 2.05) is 17.7 Å². The van der Waals surface area contributed by atoms with Gasteiger partial charge in [0, 0.05) is 30.6 Å². The number of nitrogens with zero attached hydrogens (tertiary/aromatic N) is 3. The number of nitro groups is 1. The molecule has 0 unspecified atom stereocenters. The van der Waals surface area contributed by atoms with Crippen LogP contribution >= 0.6 is 0 Å². The minimum absolute atomic E-state index is 0.113. The van der Waals surface area contributed by atoms with Gasteiger partial charge in [0.25, 0.3) is 5.69 Å². The lowest BCUT2D eigenvalue weighted by atomic mass is 10.2. The standard InChI is InChI=1S/C13H16N4O2/c1-3-16-9-14-7-12(16)8-15-13-5-4-11(17(18)19)6-10(13)2/h4-7,9,15H,3,8H2,1-2H3. The van der Waals surface area contributed by atoms with Crippen LogP contribution in [0.3, 0.4) is 0 Å². The van der Waals surface area contributed by atoms with Crippen LogP contribution in [0.25, 0.3) is 0 Å². The van der Waals surface area contributed by atoms with Crippen molar-refractivity contribution in [2.75, 3.05) is 5.32 Å². The highest BCUT2D eigenvalue weighted by Crippen LogP contribution is 2.21. The van der Waals surface area contributed by atoms with Gasteiger partial charge in [0.2, 0.25) is 0 Å². The molecule has 2 aromatic rings. The summed E-state index contributed by atoms with van der Waals surface area (Å²) in [6.07, 6.45) is 3.61. The molecular formula is C13H16N4O2. The van der Waals surface area contributed by atoms with Crippen LogP contribution in [0.15, 0.2) is 30.7 Å². The summed E-state index contributed by atoms with van der Waals surface area (Å²) in [4.78, 5) is 14.4. The van der Waals surface area contributed by atoms with Gasteiger partial charge < -0.3 is 9.88 Å². The fraction of sp³-hybridized carbons (Fsp3) is 0.308. The molecule has 0 amide bonds. The third kappa shape index (κ3) is 2.90. The zero-order valence-corrected chi connectivity index (χ0v) is 11.0. The highest BCUT2D eigenvalue weighted by Gasteiger charge is 2.08. The molecule has 6 nitrogen and oxygen atoms in total. The smallest absolute Gasteiger partial charge is 0.269 e. The fourth-order valence-corrected chi connectivity index (χ4v) is 1.93. The molecule has 6 heteroatoms. The molecule has 0 aliphatic rings. The van der Waals surface area contributed by atoms with Crippen LogP contribution in [-0.4, -0.2) is 14.5 Å². The number of anilines is 1. The van der Waals surface area contributed by atoms with Crippen molar-refractivity contribution in [1.82, 2.24) is 9.55 Å². The summed E-state index contributed by atoms with van der Waals surface area (Å²) in [5, 5.41) is 13.9. The molecule has 0 atom stereocenters. The zero-order chi connectivity index (χ0) is 13.8. The number of nitro benzene ring substituents is 1. The van der Waals surface area contributed by atoms with Crippen molar-refractivity contribution >= 4 is 11.4 Å². The first kappa shape index (κ1) is 13.1. The topological polar surface area (TPSA) is 73.0 Å². The number of non-ortho nitro benzene ring substituents is 1. The molecule has 19 heavy (non-hydrogen) atoms. The molecule has 1 N–H and O–H groups in total. The highest BCUT2D eigenvalue weighted by molar-refractivity contribution is 5.55. The molecule has 0 saturated carbocycles. The van der Waals surface area contributed by atoms with E-state index in [1.165, 1.54) is 6.07 Å². The number of aromatic nitrogens is 2. The third-order valence-corrected chi connectivity index (χ3v) is 3.02. The van der Waals surface area contributed by atoms with Crippen molar-refractivity contribution in [2.24, 2.45) is 0 Å². The van der Waals surface area contributed by atoms with Crippen LogP contribution in [0.1, 0.15) is 18.2 Å². The maximum Gasteiger partial charge on any atom is 0.269 e. The van der Waals surface area contributed by atoms with Crippen LogP contribution in [0.5, 0.6) is 0 Å². The second kappa shape index (κ2) is 5.51. The van der Waals surface area contributed by atoms with Crippen LogP contribution < -0.4 is 5.32 Å². The molecular weight excluding hydrogens is 244 g/mol. The van der Waals surface area contributed by atoms with E-state index in [0.29, 0.717) is 6.54 Å². The van der Waals surface area contributed by atoms with E-state index >= 15 is 0 Å². The van der Waals surface area contributed by atoms with Gasteiger partial charge in [0.15, 0.2) is 0 Å². The number of hydrogen-bond acceptors (Lipinski definition) is 4. The number of benzene rings is 1. The number of nitrogens with one attached hydrogen (secondary N) is 1. The molecule has 1 heterocycles. The average molecular weight is 260 g/mol. The van der Waals surface area contributed by atoms with E-state index in [-0.39, 0.29) is 10.6 Å². The van der Waals surface area contributed by atoms with E-state index in [0.717, 1.165) is 23.5 Å². The first-order valence-corrected chi connectivity index (χ1v) is 6.09. The molecule has 0 aliphatic carbocycles. The molecule has 0 aliphatic heterocycles. The Morgan fingerprint density at radius 3 is 2.89 bits per heavy atom. The van der Waals surface area contributed by atoms with Crippen LogP contribution in [-0.2, 0) is 13.1 Å². The summed E-state index contributed by atoms with van der Waals surface area (Å²) >= 11 is 0. The van der Waals surface area contributed by atoms with Crippen LogP contribution in [0.4, 0.5) is 11.4 Å². The van der Waals surface area contributed by atoms with Crippen molar-refractivity contribution in [2.45, 2.75) is 26.9 Å². The fourth-order valence-electron chi connectivity index (χ4n) is 1.93. The van der Waals surface area contributed by atoms with Crippen LogP contribution in [0.2, 0.25) is 0 Å². The predicted molar refractivity (Wildman–Crippen MR) is 73.1 cm³/mol. The van der Waals surface area contributed by atoms with Gasteiger partial charge in [-0.2, -0.15) is 0 Å². The Morgan fingerprint density at radius 2 is 2.26 bits per heavy atom. The Morgan fingerprint density at radius 1 is 1.47 bits per heavy atom. The molecule has 1 aromatic heterocycles. The van der Waals surface area contributed by atoms with Crippen molar-refractivity contribution in [3.8, 4) is 0 Å². The quantitative estimate of drug-likeness (QED) is 0.662. The summed E-state index contributed by atoms with van der Waals surface area (Å²) in [5.41, 5.74) is 2.95. The minimum Gasteiger partial charge on any atom is -0.379 e. The lowest BCUT2D eigenvalue weighted by Crippen LogP contribution is -2.06. The van der Waals surface area contributed by atoms with Crippen molar-refractivity contribution < 1.29 is 4.92 Å². The van der Waals surface area contributed by atoms with Gasteiger partial charge in [-0.15, -0.1) is 0 Å². The molecule has 0 fully saturated rings. The third-order valence-electron chi connectivity index (χ3n) is 3.02. The normalized spacial score (nSPS) is 10.4. The van der Waals surface area contributed by atoms with Crippen molar-refractivity contribution in [3.63, 3.8) is 0 Å². The second-order valence-corrected chi connectivity index (χ2v) is 4.28. The summed E-state index contributed by atoms with van der Waals surface area (Å²) in [6, 6.07) is 4.81. The van der Waals surface area contributed by atoms with Gasteiger partial charge >= 0.3 is 0 Å². The molecule has 0 radical (unpaired) electrons. The monoisotopic (exact) mass is 260 g/mol. The summed E-state index contributed by atoms with van der Waals surface area (Å²) in [7, 11) is 0. The number of aryl methyl sites for hydroxylation is 2.